The molecule has 2 nitrogen and oxygen atoms in total. The van der Waals surface area contributed by atoms with Gasteiger partial charge >= 0.3 is 5.97 Å². The third kappa shape index (κ3) is 3.74. The largest absolute Gasteiger partial charge is 0.481 e. The highest BCUT2D eigenvalue weighted by Crippen LogP contribution is 2.00. The van der Waals surface area contributed by atoms with E-state index in [1.807, 2.05) is 0 Å². The second-order valence-electron chi connectivity index (χ2n) is 1.40. The van der Waals surface area contributed by atoms with E-state index in [0.29, 0.717) is 0 Å². The maximum atomic E-state index is 9.87. The van der Waals surface area contributed by atoms with E-state index in [1.54, 1.807) is 0 Å². The number of carboxylic acids is 1. The molecule has 0 aromatic heterocycles. The van der Waals surface area contributed by atoms with Gasteiger partial charge in [0.1, 0.15) is 0 Å². The van der Waals surface area contributed by atoms with Gasteiger partial charge in [-0.25, -0.2) is 0 Å². The second kappa shape index (κ2) is 3.55. The summed E-state index contributed by atoms with van der Waals surface area (Å²) in [5, 5.41) is 7.90. The Labute approximate surface area is 53.6 Å². The zero-order chi connectivity index (χ0) is 6.57. The summed E-state index contributed by atoms with van der Waals surface area (Å²) in [5.41, 5.74) is 0. The first-order valence-electron chi connectivity index (χ1n) is 2.19. The quantitative estimate of drug-likeness (QED) is 0.443. The van der Waals surface area contributed by atoms with Crippen LogP contribution in [-0.2, 0) is 4.79 Å². The molecule has 8 heavy (non-hydrogen) atoms. The number of hydrogen-bond acceptors (Lipinski definition) is 2. The molecule has 0 aromatic rings. The fourth-order valence-electron chi connectivity index (χ4n) is 0.262. The Hall–Kier alpha value is -0.440. The molecule has 3 heteroatoms. The standard InChI is InChI=1S/C5H8O2S/c1-2-4(8)3-5(6)7/h2,4,8H,1,3H2,(H,6,7). The van der Waals surface area contributed by atoms with Gasteiger partial charge < -0.3 is 5.11 Å². The van der Waals surface area contributed by atoms with Crippen LogP contribution in [0.2, 0.25) is 0 Å². The summed E-state index contributed by atoms with van der Waals surface area (Å²) in [4.78, 5) is 9.87. The molecule has 0 aliphatic heterocycles. The van der Waals surface area contributed by atoms with Crippen molar-refractivity contribution in [1.29, 1.82) is 0 Å². The number of carboxylic acid groups (broad SMARTS) is 1. The summed E-state index contributed by atoms with van der Waals surface area (Å²) in [5.74, 6) is -0.843. The highest BCUT2D eigenvalue weighted by Gasteiger charge is 2.01. The Balaban J connectivity index is 3.38. The average Bonchev–Trinajstić information content (AvgIpc) is 1.65. The molecule has 0 aromatic carbocycles. The number of thiol groups is 1. The topological polar surface area (TPSA) is 37.3 Å². The SMILES string of the molecule is C=CC(S)CC(=O)O. The first-order valence-corrected chi connectivity index (χ1v) is 2.71. The van der Waals surface area contributed by atoms with E-state index in [0.717, 1.165) is 0 Å². The van der Waals surface area contributed by atoms with Gasteiger partial charge in [-0.1, -0.05) is 6.08 Å². The van der Waals surface area contributed by atoms with E-state index in [1.165, 1.54) is 6.08 Å². The van der Waals surface area contributed by atoms with Crippen LogP contribution >= 0.6 is 12.6 Å². The summed E-state index contributed by atoms with van der Waals surface area (Å²) in [6, 6.07) is 0. The van der Waals surface area contributed by atoms with Crippen molar-refractivity contribution in [3.05, 3.63) is 12.7 Å². The Morgan fingerprint density at radius 1 is 2.00 bits per heavy atom. The van der Waals surface area contributed by atoms with E-state index in [4.69, 9.17) is 5.11 Å². The van der Waals surface area contributed by atoms with Crippen LogP contribution in [0, 0.1) is 0 Å². The van der Waals surface area contributed by atoms with Crippen LogP contribution < -0.4 is 0 Å². The van der Waals surface area contributed by atoms with Crippen LogP contribution in [0.3, 0.4) is 0 Å². The fourth-order valence-corrected chi connectivity index (χ4v) is 0.418. The third-order valence-electron chi connectivity index (χ3n) is 0.656. The number of aliphatic carboxylic acids is 1. The summed E-state index contributed by atoms with van der Waals surface area (Å²) in [6.07, 6.45) is 1.55. The zero-order valence-corrected chi connectivity index (χ0v) is 5.27. The molecule has 0 saturated heterocycles. The molecule has 46 valence electrons. The first kappa shape index (κ1) is 7.56. The molecule has 1 atom stereocenters. The zero-order valence-electron chi connectivity index (χ0n) is 4.37. The second-order valence-corrected chi connectivity index (χ2v) is 2.06. The lowest BCUT2D eigenvalue weighted by atomic mass is 10.3. The van der Waals surface area contributed by atoms with Crippen molar-refractivity contribution in [2.75, 3.05) is 0 Å². The van der Waals surface area contributed by atoms with E-state index < -0.39 is 5.97 Å². The minimum Gasteiger partial charge on any atom is -0.481 e. The Kier molecular flexibility index (Phi) is 3.35. The van der Waals surface area contributed by atoms with E-state index >= 15 is 0 Å². The maximum absolute atomic E-state index is 9.87. The monoisotopic (exact) mass is 132 g/mol. The van der Waals surface area contributed by atoms with Gasteiger partial charge in [0.05, 0.1) is 6.42 Å². The van der Waals surface area contributed by atoms with E-state index in [9.17, 15) is 4.79 Å². The molecule has 0 saturated carbocycles. The molecule has 0 bridgehead atoms. The third-order valence-corrected chi connectivity index (χ3v) is 1.05. The molecule has 1 unspecified atom stereocenters. The molecular weight excluding hydrogens is 124 g/mol. The lowest BCUT2D eigenvalue weighted by molar-refractivity contribution is -0.136. The minimum atomic E-state index is -0.843. The smallest absolute Gasteiger partial charge is 0.304 e. The van der Waals surface area contributed by atoms with Crippen LogP contribution in [0.5, 0.6) is 0 Å². The summed E-state index contributed by atoms with van der Waals surface area (Å²) in [6.45, 7) is 3.37. The van der Waals surface area contributed by atoms with E-state index in [-0.39, 0.29) is 11.7 Å². The van der Waals surface area contributed by atoms with Crippen molar-refractivity contribution < 1.29 is 9.90 Å². The Bertz CT molecular complexity index is 101. The molecule has 0 heterocycles. The van der Waals surface area contributed by atoms with E-state index in [2.05, 4.69) is 19.2 Å². The number of hydrogen-bond donors (Lipinski definition) is 2. The molecule has 0 aliphatic rings. The summed E-state index contributed by atoms with van der Waals surface area (Å²) < 4.78 is 0. The molecule has 0 aliphatic carbocycles. The van der Waals surface area contributed by atoms with Gasteiger partial charge in [0, 0.05) is 5.25 Å². The Morgan fingerprint density at radius 3 is 2.62 bits per heavy atom. The predicted molar refractivity (Wildman–Crippen MR) is 35.2 cm³/mol. The lowest BCUT2D eigenvalue weighted by Crippen LogP contribution is -2.03. The van der Waals surface area contributed by atoms with Gasteiger partial charge in [0.25, 0.3) is 0 Å². The first-order chi connectivity index (χ1) is 3.66. The van der Waals surface area contributed by atoms with Gasteiger partial charge in [-0.2, -0.15) is 12.6 Å². The van der Waals surface area contributed by atoms with Gasteiger partial charge in [0.15, 0.2) is 0 Å². The normalized spacial score (nSPS) is 12.6. The van der Waals surface area contributed by atoms with Crippen LogP contribution in [0.1, 0.15) is 6.42 Å². The summed E-state index contributed by atoms with van der Waals surface area (Å²) >= 11 is 3.87. The molecule has 0 fully saturated rings. The van der Waals surface area contributed by atoms with Crippen LogP contribution in [0.4, 0.5) is 0 Å². The molecular formula is C5H8O2S. The van der Waals surface area contributed by atoms with Gasteiger partial charge in [-0.05, 0) is 0 Å². The van der Waals surface area contributed by atoms with Crippen molar-refractivity contribution in [3.8, 4) is 0 Å². The highest BCUT2D eigenvalue weighted by molar-refractivity contribution is 7.81. The van der Waals surface area contributed by atoms with Gasteiger partial charge in [-0.15, -0.1) is 6.58 Å². The predicted octanol–water partition coefficient (Wildman–Crippen LogP) is 0.946. The van der Waals surface area contributed by atoms with Gasteiger partial charge in [-0.3, -0.25) is 4.79 Å². The van der Waals surface area contributed by atoms with Crippen LogP contribution in [0.25, 0.3) is 0 Å². The van der Waals surface area contributed by atoms with Crippen molar-refractivity contribution >= 4 is 18.6 Å². The molecule has 0 radical (unpaired) electrons. The lowest BCUT2D eigenvalue weighted by Gasteiger charge is -1.96. The fraction of sp³-hybridized carbons (Fsp3) is 0.400. The number of rotatable bonds is 3. The van der Waals surface area contributed by atoms with Crippen molar-refractivity contribution in [3.63, 3.8) is 0 Å². The van der Waals surface area contributed by atoms with Crippen molar-refractivity contribution in [2.45, 2.75) is 11.7 Å². The van der Waals surface area contributed by atoms with Crippen LogP contribution in [0.15, 0.2) is 12.7 Å². The maximum Gasteiger partial charge on any atom is 0.304 e. The molecule has 0 amide bonds. The molecule has 0 rings (SSSR count). The highest BCUT2D eigenvalue weighted by atomic mass is 32.1. The molecule has 0 spiro atoms. The van der Waals surface area contributed by atoms with Crippen molar-refractivity contribution in [2.24, 2.45) is 0 Å². The Morgan fingerprint density at radius 2 is 2.50 bits per heavy atom. The minimum absolute atomic E-state index is 0.0482. The van der Waals surface area contributed by atoms with Crippen molar-refractivity contribution in [1.82, 2.24) is 0 Å². The number of carbonyl (C=O) groups is 1. The van der Waals surface area contributed by atoms with Gasteiger partial charge in [0.2, 0.25) is 0 Å². The average molecular weight is 132 g/mol. The van der Waals surface area contributed by atoms with Crippen LogP contribution in [-0.4, -0.2) is 16.3 Å². The molecule has 1 N–H and O–H groups in total. The summed E-state index contributed by atoms with van der Waals surface area (Å²) in [7, 11) is 0.